The first kappa shape index (κ1) is 18.8. The van der Waals surface area contributed by atoms with E-state index in [0.29, 0.717) is 39.5 Å². The zero-order valence-corrected chi connectivity index (χ0v) is 16.5. The summed E-state index contributed by atoms with van der Waals surface area (Å²) in [5.74, 6) is 1.22. The number of benzene rings is 2. The van der Waals surface area contributed by atoms with Crippen LogP contribution in [0, 0.1) is 4.77 Å². The number of rotatable bonds is 7. The Hall–Kier alpha value is -2.02. The fourth-order valence-electron chi connectivity index (χ4n) is 2.45. The zero-order valence-electron chi connectivity index (χ0n) is 14.1. The second kappa shape index (κ2) is 8.58. The number of ether oxygens (including phenoxy) is 1. The Bertz CT molecular complexity index is 917. The Morgan fingerprint density at radius 2 is 1.88 bits per heavy atom. The number of H-pyrrole nitrogens is 1. The van der Waals surface area contributed by atoms with Crippen molar-refractivity contribution >= 4 is 35.4 Å². The number of nitrogens with zero attached hydrogens (tertiary/aromatic N) is 2. The van der Waals surface area contributed by atoms with Crippen molar-refractivity contribution in [1.82, 2.24) is 14.9 Å². The van der Waals surface area contributed by atoms with Crippen LogP contribution in [0.2, 0.25) is 10.0 Å². The smallest absolute Gasteiger partial charge is 0.214 e. The van der Waals surface area contributed by atoms with Crippen LogP contribution in [0.1, 0.15) is 18.9 Å². The predicted octanol–water partition coefficient (Wildman–Crippen LogP) is 5.45. The first-order valence-corrected chi connectivity index (χ1v) is 9.34. The second-order valence-electron chi connectivity index (χ2n) is 5.63. The molecular formula is C18H18Cl2N4OS. The molecule has 8 heteroatoms. The van der Waals surface area contributed by atoms with Gasteiger partial charge in [0.25, 0.3) is 0 Å². The lowest BCUT2D eigenvalue weighted by Crippen LogP contribution is -2.16. The Kier molecular flexibility index (Phi) is 6.19. The molecule has 5 nitrogen and oxygen atoms in total. The third-order valence-electron chi connectivity index (χ3n) is 3.65. The molecule has 0 amide bonds. The summed E-state index contributed by atoms with van der Waals surface area (Å²) in [4.78, 5) is 0. The van der Waals surface area contributed by atoms with Gasteiger partial charge in [0.15, 0.2) is 11.6 Å². The van der Waals surface area contributed by atoms with Crippen LogP contribution in [0.4, 0.5) is 0 Å². The van der Waals surface area contributed by atoms with Gasteiger partial charge in [-0.1, -0.05) is 60.5 Å². The number of aromatic amines is 1. The van der Waals surface area contributed by atoms with Gasteiger partial charge in [0.1, 0.15) is 0 Å². The van der Waals surface area contributed by atoms with Crippen molar-refractivity contribution in [2.75, 3.05) is 12.0 Å². The van der Waals surface area contributed by atoms with Gasteiger partial charge in [-0.05, 0) is 36.3 Å². The average Bonchev–Trinajstić information content (AvgIpc) is 3.01. The molecule has 0 spiro atoms. The molecule has 0 atom stereocenters. The lowest BCUT2D eigenvalue weighted by atomic mass is 10.2. The molecule has 0 saturated heterocycles. The van der Waals surface area contributed by atoms with E-state index in [1.54, 1.807) is 4.68 Å². The van der Waals surface area contributed by atoms with Gasteiger partial charge < -0.3 is 10.2 Å². The van der Waals surface area contributed by atoms with Crippen LogP contribution in [-0.2, 0) is 6.54 Å². The summed E-state index contributed by atoms with van der Waals surface area (Å²) in [6.07, 6.45) is 0.886. The topological polar surface area (TPSA) is 54.9 Å². The fraction of sp³-hybridized carbons (Fsp3) is 0.222. The summed E-state index contributed by atoms with van der Waals surface area (Å²) < 4.78 is 7.80. The molecule has 1 aromatic heterocycles. The third kappa shape index (κ3) is 4.20. The van der Waals surface area contributed by atoms with Crippen LogP contribution in [0.5, 0.6) is 5.75 Å². The van der Waals surface area contributed by atoms with Crippen LogP contribution in [0.25, 0.3) is 11.4 Å². The molecule has 0 radical (unpaired) electrons. The van der Waals surface area contributed by atoms with E-state index in [4.69, 9.17) is 40.2 Å². The van der Waals surface area contributed by atoms with Crippen LogP contribution in [0.3, 0.4) is 0 Å². The van der Waals surface area contributed by atoms with Crippen LogP contribution in [0.15, 0.2) is 42.5 Å². The summed E-state index contributed by atoms with van der Waals surface area (Å²) in [5.41, 5.74) is 5.11. The minimum atomic E-state index is 0.473. The van der Waals surface area contributed by atoms with Crippen molar-refractivity contribution in [2.24, 2.45) is 0 Å². The van der Waals surface area contributed by atoms with Crippen molar-refractivity contribution in [3.05, 3.63) is 62.8 Å². The SMILES string of the molecule is CCCOc1c(Cl)cc(CNn2c(-c3ccccc3)n[nH]c2=S)cc1Cl. The highest BCUT2D eigenvalue weighted by Gasteiger charge is 2.11. The number of aromatic nitrogens is 3. The van der Waals surface area contributed by atoms with E-state index in [1.807, 2.05) is 49.4 Å². The second-order valence-corrected chi connectivity index (χ2v) is 6.83. The molecule has 3 rings (SSSR count). The molecule has 0 aliphatic carbocycles. The minimum Gasteiger partial charge on any atom is -0.490 e. The maximum Gasteiger partial charge on any atom is 0.214 e. The van der Waals surface area contributed by atoms with Gasteiger partial charge in [-0.2, -0.15) is 5.10 Å². The Morgan fingerprint density at radius 3 is 2.54 bits per heavy atom. The largest absolute Gasteiger partial charge is 0.490 e. The maximum absolute atomic E-state index is 6.31. The Balaban J connectivity index is 1.80. The van der Waals surface area contributed by atoms with E-state index in [1.165, 1.54) is 0 Å². The molecule has 0 saturated carbocycles. The normalized spacial score (nSPS) is 10.7. The first-order chi connectivity index (χ1) is 12.6. The van der Waals surface area contributed by atoms with Gasteiger partial charge >= 0.3 is 0 Å². The standard InChI is InChI=1S/C18H18Cl2N4OS/c1-2-8-25-16-14(19)9-12(10-15(16)20)11-21-24-17(22-23-18(24)26)13-6-4-3-5-7-13/h3-7,9-10,21H,2,8,11H2,1H3,(H,23,26). The molecule has 0 bridgehead atoms. The van der Waals surface area contributed by atoms with Crippen molar-refractivity contribution in [3.63, 3.8) is 0 Å². The molecular weight excluding hydrogens is 391 g/mol. The van der Waals surface area contributed by atoms with Crippen LogP contribution < -0.4 is 10.2 Å². The lowest BCUT2D eigenvalue weighted by molar-refractivity contribution is 0.318. The quantitative estimate of drug-likeness (QED) is 0.510. The highest BCUT2D eigenvalue weighted by Crippen LogP contribution is 2.34. The van der Waals surface area contributed by atoms with E-state index in [9.17, 15) is 0 Å². The van der Waals surface area contributed by atoms with Gasteiger partial charge in [0.2, 0.25) is 4.77 Å². The molecule has 0 aliphatic heterocycles. The lowest BCUT2D eigenvalue weighted by Gasteiger charge is -2.13. The summed E-state index contributed by atoms with van der Waals surface area (Å²) in [6.45, 7) is 3.07. The molecule has 0 aliphatic rings. The van der Waals surface area contributed by atoms with Gasteiger partial charge in [0, 0.05) is 5.56 Å². The van der Waals surface area contributed by atoms with Crippen molar-refractivity contribution < 1.29 is 4.74 Å². The van der Waals surface area contributed by atoms with E-state index >= 15 is 0 Å². The van der Waals surface area contributed by atoms with Crippen LogP contribution in [-0.4, -0.2) is 21.5 Å². The number of halogens is 2. The maximum atomic E-state index is 6.31. The number of nitrogens with one attached hydrogen (secondary N) is 2. The summed E-state index contributed by atoms with van der Waals surface area (Å²) in [7, 11) is 0. The monoisotopic (exact) mass is 408 g/mol. The van der Waals surface area contributed by atoms with E-state index in [0.717, 1.165) is 17.5 Å². The molecule has 1 heterocycles. The van der Waals surface area contributed by atoms with E-state index in [2.05, 4.69) is 15.6 Å². The Morgan fingerprint density at radius 1 is 1.19 bits per heavy atom. The van der Waals surface area contributed by atoms with Gasteiger partial charge in [0.05, 0.1) is 23.2 Å². The molecule has 26 heavy (non-hydrogen) atoms. The van der Waals surface area contributed by atoms with Crippen molar-refractivity contribution in [3.8, 4) is 17.1 Å². The third-order valence-corrected chi connectivity index (χ3v) is 4.49. The van der Waals surface area contributed by atoms with E-state index in [-0.39, 0.29) is 0 Å². The number of hydrogen-bond acceptors (Lipinski definition) is 4. The highest BCUT2D eigenvalue weighted by molar-refractivity contribution is 7.71. The van der Waals surface area contributed by atoms with E-state index < -0.39 is 0 Å². The fourth-order valence-corrected chi connectivity index (χ4v) is 3.29. The van der Waals surface area contributed by atoms with Gasteiger partial charge in [-0.15, -0.1) is 0 Å². The summed E-state index contributed by atoms with van der Waals surface area (Å²) in [6, 6.07) is 13.5. The summed E-state index contributed by atoms with van der Waals surface area (Å²) in [5, 5.41) is 8.08. The first-order valence-electron chi connectivity index (χ1n) is 8.17. The number of hydrogen-bond donors (Lipinski definition) is 2. The molecule has 3 aromatic rings. The molecule has 0 fully saturated rings. The predicted molar refractivity (Wildman–Crippen MR) is 108 cm³/mol. The summed E-state index contributed by atoms with van der Waals surface area (Å²) >= 11 is 17.9. The van der Waals surface area contributed by atoms with Crippen molar-refractivity contribution in [2.45, 2.75) is 19.9 Å². The van der Waals surface area contributed by atoms with Crippen LogP contribution >= 0.6 is 35.4 Å². The molecule has 0 unspecified atom stereocenters. The average molecular weight is 409 g/mol. The van der Waals surface area contributed by atoms with Gasteiger partial charge in [-0.25, -0.2) is 9.77 Å². The molecule has 136 valence electrons. The molecule has 2 N–H and O–H groups in total. The van der Waals surface area contributed by atoms with Crippen molar-refractivity contribution in [1.29, 1.82) is 0 Å². The minimum absolute atomic E-state index is 0.473. The Labute approximate surface area is 166 Å². The highest BCUT2D eigenvalue weighted by atomic mass is 35.5. The van der Waals surface area contributed by atoms with Gasteiger partial charge in [-0.3, -0.25) is 0 Å². The zero-order chi connectivity index (χ0) is 18.5. The molecule has 2 aromatic carbocycles.